The molecule has 5 nitrogen and oxygen atoms in total. The number of aryl methyl sites for hydroxylation is 1. The van der Waals surface area contributed by atoms with Crippen LogP contribution in [0.15, 0.2) is 46.0 Å². The summed E-state index contributed by atoms with van der Waals surface area (Å²) < 4.78 is 5.60. The third-order valence-corrected chi connectivity index (χ3v) is 3.67. The monoisotopic (exact) mass is 362 g/mol. The van der Waals surface area contributed by atoms with Crippen LogP contribution in [0.5, 0.6) is 11.5 Å². The summed E-state index contributed by atoms with van der Waals surface area (Å²) in [6.45, 7) is 1.85. The zero-order valence-corrected chi connectivity index (χ0v) is 13.7. The predicted octanol–water partition coefficient (Wildman–Crippen LogP) is 3.24. The topological polar surface area (TPSA) is 70.9 Å². The number of nitrogens with zero attached hydrogens (tertiary/aromatic N) is 1. The van der Waals surface area contributed by atoms with Crippen molar-refractivity contribution < 1.29 is 14.6 Å². The Morgan fingerprint density at radius 2 is 2.09 bits per heavy atom. The number of phenols is 1. The number of methoxy groups -OCH3 is 1. The Morgan fingerprint density at radius 1 is 1.36 bits per heavy atom. The van der Waals surface area contributed by atoms with E-state index in [0.29, 0.717) is 21.3 Å². The first kappa shape index (κ1) is 16.0. The normalized spacial score (nSPS) is 10.7. The van der Waals surface area contributed by atoms with Gasteiger partial charge in [-0.05, 0) is 46.6 Å². The highest BCUT2D eigenvalue weighted by Crippen LogP contribution is 2.31. The molecule has 2 N–H and O–H groups in total. The van der Waals surface area contributed by atoms with Crippen molar-refractivity contribution in [2.24, 2.45) is 5.10 Å². The van der Waals surface area contributed by atoms with Crippen LogP contribution in [0.1, 0.15) is 21.5 Å². The van der Waals surface area contributed by atoms with E-state index in [2.05, 4.69) is 26.5 Å². The lowest BCUT2D eigenvalue weighted by Crippen LogP contribution is -2.18. The summed E-state index contributed by atoms with van der Waals surface area (Å²) >= 11 is 3.23. The summed E-state index contributed by atoms with van der Waals surface area (Å²) in [7, 11) is 1.53. The molecule has 0 fully saturated rings. The van der Waals surface area contributed by atoms with E-state index >= 15 is 0 Å². The van der Waals surface area contributed by atoms with Crippen LogP contribution in [0.2, 0.25) is 0 Å². The van der Waals surface area contributed by atoms with Crippen LogP contribution in [-0.2, 0) is 0 Å². The van der Waals surface area contributed by atoms with Gasteiger partial charge in [-0.3, -0.25) is 4.79 Å². The van der Waals surface area contributed by atoms with Gasteiger partial charge in [-0.1, -0.05) is 18.2 Å². The van der Waals surface area contributed by atoms with E-state index in [9.17, 15) is 9.90 Å². The Hall–Kier alpha value is -2.34. The molecule has 0 saturated heterocycles. The number of aromatic hydroxyl groups is 1. The number of hydrogen-bond acceptors (Lipinski definition) is 4. The molecule has 0 aliphatic rings. The first-order valence-corrected chi connectivity index (χ1v) is 7.27. The third kappa shape index (κ3) is 3.65. The number of nitrogens with one attached hydrogen (secondary N) is 1. The van der Waals surface area contributed by atoms with Crippen LogP contribution in [-0.4, -0.2) is 24.3 Å². The predicted molar refractivity (Wildman–Crippen MR) is 88.6 cm³/mol. The van der Waals surface area contributed by atoms with Crippen molar-refractivity contribution in [1.29, 1.82) is 0 Å². The summed E-state index contributed by atoms with van der Waals surface area (Å²) in [6.07, 6.45) is 1.36. The number of carbonyl (C=O) groups excluding carboxylic acids is 1. The molecular weight excluding hydrogens is 348 g/mol. The molecule has 2 rings (SSSR count). The second-order valence-corrected chi connectivity index (χ2v) is 5.42. The van der Waals surface area contributed by atoms with Gasteiger partial charge >= 0.3 is 0 Å². The van der Waals surface area contributed by atoms with Crippen molar-refractivity contribution >= 4 is 28.1 Å². The molecule has 2 aromatic rings. The van der Waals surface area contributed by atoms with E-state index in [1.165, 1.54) is 13.3 Å². The Morgan fingerprint density at radius 3 is 2.77 bits per heavy atom. The molecular formula is C16H15BrN2O3. The van der Waals surface area contributed by atoms with Gasteiger partial charge in [0, 0.05) is 11.1 Å². The fourth-order valence-corrected chi connectivity index (χ4v) is 2.31. The lowest BCUT2D eigenvalue weighted by Gasteiger charge is -2.06. The van der Waals surface area contributed by atoms with Gasteiger partial charge in [0.2, 0.25) is 0 Å². The molecule has 0 bridgehead atoms. The number of carbonyl (C=O) groups is 1. The Bertz CT molecular complexity index is 729. The number of rotatable bonds is 4. The van der Waals surface area contributed by atoms with Crippen molar-refractivity contribution in [1.82, 2.24) is 5.43 Å². The molecule has 0 aromatic heterocycles. The molecule has 0 radical (unpaired) electrons. The van der Waals surface area contributed by atoms with Crippen molar-refractivity contribution in [2.45, 2.75) is 6.92 Å². The number of hydrazone groups is 1. The summed E-state index contributed by atoms with van der Waals surface area (Å²) in [5.41, 5.74) is 4.28. The largest absolute Gasteiger partial charge is 0.506 e. The second kappa shape index (κ2) is 7.09. The minimum absolute atomic E-state index is 0.0229. The van der Waals surface area contributed by atoms with Gasteiger partial charge in [-0.15, -0.1) is 0 Å². The van der Waals surface area contributed by atoms with E-state index in [0.717, 1.165) is 5.56 Å². The lowest BCUT2D eigenvalue weighted by atomic mass is 10.1. The van der Waals surface area contributed by atoms with Gasteiger partial charge in [-0.2, -0.15) is 5.10 Å². The lowest BCUT2D eigenvalue weighted by molar-refractivity contribution is 0.0954. The average molecular weight is 363 g/mol. The summed E-state index contributed by atoms with van der Waals surface area (Å²) in [5, 5.41) is 13.8. The van der Waals surface area contributed by atoms with Gasteiger partial charge in [0.05, 0.1) is 17.8 Å². The highest BCUT2D eigenvalue weighted by molar-refractivity contribution is 9.10. The Labute approximate surface area is 136 Å². The first-order valence-electron chi connectivity index (χ1n) is 6.48. The maximum Gasteiger partial charge on any atom is 0.271 e. The van der Waals surface area contributed by atoms with E-state index in [4.69, 9.17) is 4.74 Å². The van der Waals surface area contributed by atoms with Gasteiger partial charge in [0.15, 0.2) is 0 Å². The quantitative estimate of drug-likeness (QED) is 0.647. The van der Waals surface area contributed by atoms with Crippen molar-refractivity contribution in [3.63, 3.8) is 0 Å². The minimum atomic E-state index is -0.309. The zero-order chi connectivity index (χ0) is 16.1. The van der Waals surface area contributed by atoms with E-state index in [-0.39, 0.29) is 11.7 Å². The Balaban J connectivity index is 2.15. The van der Waals surface area contributed by atoms with E-state index in [1.807, 2.05) is 19.1 Å². The first-order chi connectivity index (χ1) is 10.5. The fourth-order valence-electron chi connectivity index (χ4n) is 1.86. The molecule has 2 aromatic carbocycles. The number of halogens is 1. The molecule has 6 heteroatoms. The highest BCUT2D eigenvalue weighted by Gasteiger charge is 2.08. The van der Waals surface area contributed by atoms with Crippen LogP contribution in [0.25, 0.3) is 0 Å². The number of amides is 1. The maximum absolute atomic E-state index is 12.0. The molecule has 0 aliphatic heterocycles. The highest BCUT2D eigenvalue weighted by atomic mass is 79.9. The van der Waals surface area contributed by atoms with Crippen LogP contribution in [0, 0.1) is 6.92 Å². The molecule has 0 atom stereocenters. The summed E-state index contributed by atoms with van der Waals surface area (Å²) in [5.74, 6) is 0.279. The number of hydrogen-bond donors (Lipinski definition) is 2. The van der Waals surface area contributed by atoms with Crippen LogP contribution >= 0.6 is 15.9 Å². The van der Waals surface area contributed by atoms with Crippen LogP contribution < -0.4 is 10.2 Å². The number of phenolic OH excluding ortho intramolecular Hbond substituents is 1. The maximum atomic E-state index is 12.0. The van der Waals surface area contributed by atoms with Gasteiger partial charge in [-0.25, -0.2) is 5.43 Å². The van der Waals surface area contributed by atoms with Crippen molar-refractivity contribution in [2.75, 3.05) is 7.11 Å². The van der Waals surface area contributed by atoms with Crippen molar-refractivity contribution in [3.8, 4) is 11.5 Å². The van der Waals surface area contributed by atoms with E-state index in [1.54, 1.807) is 24.3 Å². The third-order valence-electron chi connectivity index (χ3n) is 3.06. The molecule has 22 heavy (non-hydrogen) atoms. The van der Waals surface area contributed by atoms with Crippen LogP contribution in [0.4, 0.5) is 0 Å². The van der Waals surface area contributed by atoms with E-state index < -0.39 is 0 Å². The molecule has 0 spiro atoms. The minimum Gasteiger partial charge on any atom is -0.506 e. The molecule has 1 amide bonds. The SMILES string of the molecule is COc1cc(Br)c(O)c(/C=N\NC(=O)c2ccccc2C)c1. The average Bonchev–Trinajstić information content (AvgIpc) is 2.51. The van der Waals surface area contributed by atoms with Gasteiger partial charge in [0.1, 0.15) is 11.5 Å². The van der Waals surface area contributed by atoms with Gasteiger partial charge < -0.3 is 9.84 Å². The summed E-state index contributed by atoms with van der Waals surface area (Å²) in [4.78, 5) is 12.0. The summed E-state index contributed by atoms with van der Waals surface area (Å²) in [6, 6.07) is 10.5. The van der Waals surface area contributed by atoms with Crippen LogP contribution in [0.3, 0.4) is 0 Å². The van der Waals surface area contributed by atoms with Gasteiger partial charge in [0.25, 0.3) is 5.91 Å². The molecule has 0 aliphatic carbocycles. The van der Waals surface area contributed by atoms with Crippen molar-refractivity contribution in [3.05, 3.63) is 57.6 Å². The molecule has 0 heterocycles. The Kier molecular flexibility index (Phi) is 5.16. The number of benzene rings is 2. The molecule has 0 unspecified atom stereocenters. The second-order valence-electron chi connectivity index (χ2n) is 4.56. The molecule has 114 valence electrons. The fraction of sp³-hybridized carbons (Fsp3) is 0.125. The smallest absolute Gasteiger partial charge is 0.271 e. The number of ether oxygens (including phenoxy) is 1. The molecule has 0 saturated carbocycles. The standard InChI is InChI=1S/C16H15BrN2O3/c1-10-5-3-4-6-13(10)16(21)19-18-9-11-7-12(22-2)8-14(17)15(11)20/h3-9,20H,1-2H3,(H,19,21)/b18-9-. The zero-order valence-electron chi connectivity index (χ0n) is 12.1.